The van der Waals surface area contributed by atoms with Crippen molar-refractivity contribution in [1.29, 1.82) is 0 Å². The minimum atomic E-state index is -5.00. The molecule has 0 unspecified atom stereocenters. The minimum absolute atomic E-state index is 0.0447. The first-order valence-corrected chi connectivity index (χ1v) is 12.9. The molecule has 0 spiro atoms. The van der Waals surface area contributed by atoms with Gasteiger partial charge in [-0.1, -0.05) is 0 Å². The van der Waals surface area contributed by atoms with E-state index in [1.165, 1.54) is 30.8 Å². The second-order valence-electron chi connectivity index (χ2n) is 9.95. The Morgan fingerprint density at radius 2 is 1.89 bits per heavy atom. The molecule has 0 bridgehead atoms. The summed E-state index contributed by atoms with van der Waals surface area (Å²) in [6.45, 7) is 6.22. The molecule has 1 fully saturated rings. The molecule has 3 aromatic rings. The average Bonchev–Trinajstić information content (AvgIpc) is 3.09. The molecule has 14 heteroatoms. The van der Waals surface area contributed by atoms with Crippen LogP contribution in [0.25, 0.3) is 22.3 Å². The van der Waals surface area contributed by atoms with Gasteiger partial charge in [0.25, 0.3) is 5.91 Å². The molecule has 0 saturated carbocycles. The highest BCUT2D eigenvalue weighted by molar-refractivity contribution is 7.93. The van der Waals surface area contributed by atoms with E-state index in [2.05, 4.69) is 20.1 Å². The van der Waals surface area contributed by atoms with E-state index in [9.17, 15) is 35.9 Å². The summed E-state index contributed by atoms with van der Waals surface area (Å²) in [6.07, 6.45) is -3.82. The van der Waals surface area contributed by atoms with Crippen LogP contribution in [0, 0.1) is 5.82 Å². The molecule has 1 aromatic carbocycles. The lowest BCUT2D eigenvalue weighted by molar-refractivity contribution is -0.274. The van der Waals surface area contributed by atoms with Crippen LogP contribution in [0.5, 0.6) is 5.75 Å². The number of hydrogen-bond acceptors (Lipinski definition) is 7. The Hall–Kier alpha value is -3.26. The summed E-state index contributed by atoms with van der Waals surface area (Å²) < 4.78 is 81.3. The van der Waals surface area contributed by atoms with Gasteiger partial charge in [-0.15, -0.1) is 13.2 Å². The molecule has 4 rings (SSSR count). The van der Waals surface area contributed by atoms with Crippen LogP contribution in [0.2, 0.25) is 0 Å². The van der Waals surface area contributed by atoms with Crippen molar-refractivity contribution in [3.05, 3.63) is 41.8 Å². The third kappa shape index (κ3) is 5.54. The van der Waals surface area contributed by atoms with Crippen LogP contribution in [-0.4, -0.2) is 63.2 Å². The molecule has 1 amide bonds. The number of carbonyl (C=O) groups excluding carboxylic acids is 1. The molecule has 37 heavy (non-hydrogen) atoms. The largest absolute Gasteiger partial charge is 0.573 e. The highest BCUT2D eigenvalue weighted by atomic mass is 32.2. The summed E-state index contributed by atoms with van der Waals surface area (Å²) in [6, 6.07) is 3.11. The van der Waals surface area contributed by atoms with Crippen LogP contribution in [0.3, 0.4) is 0 Å². The highest BCUT2D eigenvalue weighted by Gasteiger charge is 2.46. The predicted molar refractivity (Wildman–Crippen MR) is 125 cm³/mol. The molecule has 0 aliphatic carbocycles. The van der Waals surface area contributed by atoms with Crippen LogP contribution in [0.1, 0.15) is 44.1 Å². The summed E-state index contributed by atoms with van der Waals surface area (Å²) in [5.74, 6) is -2.59. The van der Waals surface area contributed by atoms with E-state index < -0.39 is 50.9 Å². The van der Waals surface area contributed by atoms with E-state index in [0.29, 0.717) is 0 Å². The topological polar surface area (TPSA) is 123 Å². The zero-order valence-electron chi connectivity index (χ0n) is 20.2. The summed E-state index contributed by atoms with van der Waals surface area (Å²) in [7, 11) is -3.22. The summed E-state index contributed by atoms with van der Waals surface area (Å²) in [5, 5.41) is 17.6. The molecule has 1 aliphatic rings. The van der Waals surface area contributed by atoms with Crippen molar-refractivity contribution in [3.8, 4) is 17.0 Å². The van der Waals surface area contributed by atoms with Gasteiger partial charge in [-0.25, -0.2) is 12.8 Å². The van der Waals surface area contributed by atoms with Gasteiger partial charge in [-0.05, 0) is 52.0 Å². The molecular formula is C23H24F4N4O5S. The van der Waals surface area contributed by atoms with Crippen molar-refractivity contribution in [2.24, 2.45) is 0 Å². The number of halogens is 4. The number of benzene rings is 1. The van der Waals surface area contributed by atoms with Crippen LogP contribution in [0.15, 0.2) is 30.5 Å². The number of ether oxygens (including phenoxy) is 1. The Morgan fingerprint density at radius 3 is 2.46 bits per heavy atom. The number of nitrogens with one attached hydrogen (secondary N) is 1. The highest BCUT2D eigenvalue weighted by Crippen LogP contribution is 2.36. The molecule has 200 valence electrons. The number of alkyl halides is 3. The summed E-state index contributed by atoms with van der Waals surface area (Å²) in [4.78, 5) is 17.1. The van der Waals surface area contributed by atoms with E-state index in [4.69, 9.17) is 0 Å². The zero-order chi connectivity index (χ0) is 27.6. The van der Waals surface area contributed by atoms with Crippen LogP contribution in [-0.2, 0) is 9.84 Å². The van der Waals surface area contributed by atoms with Gasteiger partial charge in [0.2, 0.25) is 0 Å². The number of amides is 1. The number of sulfone groups is 1. The molecule has 1 saturated heterocycles. The average molecular weight is 545 g/mol. The molecule has 3 heterocycles. The van der Waals surface area contributed by atoms with Crippen molar-refractivity contribution in [3.63, 3.8) is 0 Å². The Labute approximate surface area is 209 Å². The Kier molecular flexibility index (Phi) is 6.27. The maximum absolute atomic E-state index is 14.8. The molecule has 1 atom stereocenters. The number of rotatable bonds is 6. The van der Waals surface area contributed by atoms with E-state index in [0.717, 1.165) is 18.2 Å². The summed E-state index contributed by atoms with van der Waals surface area (Å²) in [5.41, 5.74) is -2.44. The first-order valence-electron chi connectivity index (χ1n) is 11.1. The predicted octanol–water partition coefficient (Wildman–Crippen LogP) is 3.38. The maximum Gasteiger partial charge on any atom is 0.573 e. The first kappa shape index (κ1) is 26.8. The Morgan fingerprint density at radius 1 is 1.24 bits per heavy atom. The number of pyridine rings is 1. The maximum atomic E-state index is 14.8. The van der Waals surface area contributed by atoms with Gasteiger partial charge in [-0.3, -0.25) is 14.5 Å². The lowest BCUT2D eigenvalue weighted by Gasteiger charge is -2.38. The minimum Gasteiger partial charge on any atom is -0.406 e. The van der Waals surface area contributed by atoms with Crippen molar-refractivity contribution in [1.82, 2.24) is 20.1 Å². The fourth-order valence-corrected chi connectivity index (χ4v) is 6.15. The molecule has 1 aliphatic heterocycles. The molecule has 9 nitrogen and oxygen atoms in total. The molecule has 2 aromatic heterocycles. The number of aromatic nitrogens is 3. The number of nitrogens with zero attached hydrogens (tertiary/aromatic N) is 3. The number of aliphatic hydroxyl groups is 1. The van der Waals surface area contributed by atoms with E-state index >= 15 is 0 Å². The number of fused-ring (bicyclic) bond motifs is 1. The fraction of sp³-hybridized carbons (Fsp3) is 0.435. The zero-order valence-corrected chi connectivity index (χ0v) is 21.0. The second kappa shape index (κ2) is 8.65. The van der Waals surface area contributed by atoms with Gasteiger partial charge in [0.15, 0.2) is 9.84 Å². The Bertz CT molecular complexity index is 1480. The van der Waals surface area contributed by atoms with Crippen molar-refractivity contribution < 1.29 is 40.6 Å². The number of hydrogen-bond donors (Lipinski definition) is 2. The lowest BCUT2D eigenvalue weighted by Crippen LogP contribution is -2.63. The van der Waals surface area contributed by atoms with E-state index in [-0.39, 0.29) is 39.4 Å². The molecular weight excluding hydrogens is 520 g/mol. The number of carbonyl (C=O) groups is 1. The smallest absolute Gasteiger partial charge is 0.406 e. The SMILES string of the molecule is C[C@H](n1nc(-c2cc(OC(F)(F)F)ccc2F)c2ncc(C(=O)NC3(C)CS(=O)(=O)C3)cc21)C(C)(C)O. The van der Waals surface area contributed by atoms with E-state index in [1.807, 2.05) is 0 Å². The van der Waals surface area contributed by atoms with E-state index in [1.54, 1.807) is 13.8 Å². The van der Waals surface area contributed by atoms with Gasteiger partial charge in [-0.2, -0.15) is 5.10 Å². The van der Waals surface area contributed by atoms with Crippen molar-refractivity contribution in [2.75, 3.05) is 11.5 Å². The quantitative estimate of drug-likeness (QED) is 0.456. The first-order chi connectivity index (χ1) is 16.9. The monoisotopic (exact) mass is 544 g/mol. The van der Waals surface area contributed by atoms with Crippen molar-refractivity contribution in [2.45, 2.75) is 51.2 Å². The molecule has 2 N–H and O–H groups in total. The van der Waals surface area contributed by atoms with Crippen molar-refractivity contribution >= 4 is 26.8 Å². The Balaban J connectivity index is 1.82. The van der Waals surface area contributed by atoms with Gasteiger partial charge in [0.1, 0.15) is 22.8 Å². The van der Waals surface area contributed by atoms with Gasteiger partial charge >= 0.3 is 6.36 Å². The van der Waals surface area contributed by atoms with Crippen LogP contribution in [0.4, 0.5) is 17.6 Å². The van der Waals surface area contributed by atoms with Gasteiger partial charge in [0.05, 0.1) is 39.8 Å². The van der Waals surface area contributed by atoms with Gasteiger partial charge in [0, 0.05) is 11.8 Å². The lowest BCUT2D eigenvalue weighted by atomic mass is 10.0. The van der Waals surface area contributed by atoms with Crippen LogP contribution < -0.4 is 10.1 Å². The van der Waals surface area contributed by atoms with Gasteiger partial charge < -0.3 is 15.2 Å². The molecule has 0 radical (unpaired) electrons. The standard InChI is InChI=1S/C23H24F4N4O5S/c1-12(21(2,3)33)31-17-7-13(20(32)29-22(4)10-37(34,35)11-22)9-28-19(17)18(30-31)15-8-14(5-6-16(15)24)36-23(25,26)27/h5-9,12,33H,10-11H2,1-4H3,(H,29,32)/t12-/m0/s1. The third-order valence-electron chi connectivity index (χ3n) is 6.12. The summed E-state index contributed by atoms with van der Waals surface area (Å²) >= 11 is 0. The fourth-order valence-electron chi connectivity index (χ4n) is 4.15. The third-order valence-corrected chi connectivity index (χ3v) is 8.27. The van der Waals surface area contributed by atoms with Crippen LogP contribution >= 0.6 is 0 Å². The second-order valence-corrected chi connectivity index (χ2v) is 12.0. The normalized spacial score (nSPS) is 17.8.